The van der Waals surface area contributed by atoms with Crippen LogP contribution in [0.2, 0.25) is 0 Å². The van der Waals surface area contributed by atoms with Crippen LogP contribution in [-0.4, -0.2) is 23.8 Å². The van der Waals surface area contributed by atoms with E-state index in [4.69, 9.17) is 14.5 Å². The minimum Gasteiger partial charge on any atom is -0.472 e. The molecule has 0 atom stereocenters. The molecule has 1 aromatic heterocycles. The highest BCUT2D eigenvalue weighted by Gasteiger charge is 2.12. The van der Waals surface area contributed by atoms with Crippen molar-refractivity contribution in [1.82, 2.24) is 10.3 Å². The number of rotatable bonds is 7. The molecule has 4 rings (SSSR count). The quantitative estimate of drug-likeness (QED) is 0.248. The fraction of sp³-hybridized carbons (Fsp3) is 0.286. The first-order valence-corrected chi connectivity index (χ1v) is 11.5. The van der Waals surface area contributed by atoms with Crippen molar-refractivity contribution < 1.29 is 14.3 Å². The summed E-state index contributed by atoms with van der Waals surface area (Å²) in [5.41, 5.74) is 7.26. The number of nitrogens with one attached hydrogen (secondary N) is 2. The molecule has 1 heterocycles. The lowest BCUT2D eigenvalue weighted by atomic mass is 10.0. The second-order valence-electron chi connectivity index (χ2n) is 8.95. The van der Waals surface area contributed by atoms with E-state index in [0.717, 1.165) is 44.4 Å². The maximum absolute atomic E-state index is 11.7. The Morgan fingerprint density at radius 3 is 2.35 bits per heavy atom. The van der Waals surface area contributed by atoms with Gasteiger partial charge in [0.1, 0.15) is 12.4 Å². The summed E-state index contributed by atoms with van der Waals surface area (Å²) in [4.78, 5) is 16.5. The first-order chi connectivity index (χ1) is 16.3. The molecular weight excluding hydrogens is 426 g/mol. The number of alkyl carbamates (subject to hydrolysis) is 1. The first-order valence-electron chi connectivity index (χ1n) is 11.5. The molecule has 2 N–H and O–H groups in total. The number of aryl methyl sites for hydroxylation is 3. The van der Waals surface area contributed by atoms with Crippen molar-refractivity contribution in [2.45, 2.75) is 47.3 Å². The van der Waals surface area contributed by atoms with Crippen LogP contribution >= 0.6 is 0 Å². The number of carbonyl (C=O) groups excluding carboxylic acids is 1. The first kappa shape index (κ1) is 23.4. The SMILES string of the molecule is Cc1ccc2nc3cc(C)c(C)cc3c(OCNc3ccc(COC(=O)NC(C)C)cc3)c2c1. The lowest BCUT2D eigenvalue weighted by Crippen LogP contribution is -2.30. The number of ether oxygens (including phenoxy) is 2. The number of amides is 1. The summed E-state index contributed by atoms with van der Waals surface area (Å²) in [7, 11) is 0. The van der Waals surface area contributed by atoms with E-state index in [-0.39, 0.29) is 12.6 Å². The Morgan fingerprint density at radius 1 is 0.912 bits per heavy atom. The van der Waals surface area contributed by atoms with Gasteiger partial charge in [-0.3, -0.25) is 0 Å². The van der Waals surface area contributed by atoms with Gasteiger partial charge in [0.2, 0.25) is 0 Å². The molecule has 0 unspecified atom stereocenters. The summed E-state index contributed by atoms with van der Waals surface area (Å²) in [6.07, 6.45) is -0.414. The lowest BCUT2D eigenvalue weighted by molar-refractivity contribution is 0.137. The number of pyridine rings is 1. The van der Waals surface area contributed by atoms with Gasteiger partial charge in [0, 0.05) is 22.5 Å². The number of fused-ring (bicyclic) bond motifs is 2. The van der Waals surface area contributed by atoms with Crippen LogP contribution in [0.5, 0.6) is 5.75 Å². The average molecular weight is 458 g/mol. The van der Waals surface area contributed by atoms with Crippen LogP contribution in [0.4, 0.5) is 10.5 Å². The number of hydrogen-bond donors (Lipinski definition) is 2. The highest BCUT2D eigenvalue weighted by molar-refractivity contribution is 6.01. The average Bonchev–Trinajstić information content (AvgIpc) is 2.79. The number of aromatic nitrogens is 1. The number of anilines is 1. The van der Waals surface area contributed by atoms with Crippen LogP contribution in [0.1, 0.15) is 36.1 Å². The maximum Gasteiger partial charge on any atom is 0.407 e. The predicted octanol–water partition coefficient (Wildman–Crippen LogP) is 6.40. The fourth-order valence-corrected chi connectivity index (χ4v) is 3.77. The molecule has 6 heteroatoms. The third-order valence-electron chi connectivity index (χ3n) is 5.72. The van der Waals surface area contributed by atoms with E-state index in [1.54, 1.807) is 0 Å². The summed E-state index contributed by atoms with van der Waals surface area (Å²) < 4.78 is 11.5. The molecule has 4 aromatic rings. The van der Waals surface area contributed by atoms with Gasteiger partial charge < -0.3 is 20.1 Å². The molecule has 0 spiro atoms. The molecule has 0 fully saturated rings. The Labute approximate surface area is 200 Å². The van der Waals surface area contributed by atoms with Gasteiger partial charge in [-0.2, -0.15) is 0 Å². The van der Waals surface area contributed by atoms with Crippen molar-refractivity contribution in [2.75, 3.05) is 12.0 Å². The van der Waals surface area contributed by atoms with Crippen LogP contribution < -0.4 is 15.4 Å². The van der Waals surface area contributed by atoms with Crippen LogP contribution in [0, 0.1) is 20.8 Å². The Balaban J connectivity index is 1.48. The maximum atomic E-state index is 11.7. The number of hydrogen-bond acceptors (Lipinski definition) is 5. The molecule has 0 saturated heterocycles. The Hall–Kier alpha value is -3.80. The van der Waals surface area contributed by atoms with Crippen molar-refractivity contribution >= 4 is 33.6 Å². The fourth-order valence-electron chi connectivity index (χ4n) is 3.77. The zero-order valence-corrected chi connectivity index (χ0v) is 20.4. The van der Waals surface area contributed by atoms with Gasteiger partial charge >= 0.3 is 6.09 Å². The van der Waals surface area contributed by atoms with Crippen LogP contribution in [-0.2, 0) is 11.3 Å². The molecule has 1 amide bonds. The molecule has 0 bridgehead atoms. The van der Waals surface area contributed by atoms with Crippen molar-refractivity contribution in [1.29, 1.82) is 0 Å². The Morgan fingerprint density at radius 2 is 1.62 bits per heavy atom. The summed E-state index contributed by atoms with van der Waals surface area (Å²) in [5, 5.41) is 8.04. The molecule has 0 aliphatic carbocycles. The monoisotopic (exact) mass is 457 g/mol. The molecular formula is C28H31N3O3. The Kier molecular flexibility index (Phi) is 6.87. The lowest BCUT2D eigenvalue weighted by Gasteiger charge is -2.15. The van der Waals surface area contributed by atoms with Gasteiger partial charge in [-0.05, 0) is 87.7 Å². The minimum atomic E-state index is -0.414. The molecule has 0 saturated carbocycles. The normalized spacial score (nSPS) is 11.1. The topological polar surface area (TPSA) is 72.5 Å². The van der Waals surface area contributed by atoms with Crippen LogP contribution in [0.3, 0.4) is 0 Å². The van der Waals surface area contributed by atoms with Crippen LogP contribution in [0.15, 0.2) is 54.6 Å². The molecule has 0 radical (unpaired) electrons. The zero-order valence-electron chi connectivity index (χ0n) is 20.4. The van der Waals surface area contributed by atoms with Crippen molar-refractivity contribution in [3.8, 4) is 5.75 Å². The standard InChI is InChI=1S/C28H31N3O3/c1-17(2)30-28(32)33-15-21-7-9-22(10-8-21)29-16-34-27-23-12-18(3)6-11-25(23)31-26-14-20(5)19(4)13-24(26)27/h6-14,17,29H,15-16H2,1-5H3,(H,30,32). The van der Waals surface area contributed by atoms with Gasteiger partial charge in [0.25, 0.3) is 0 Å². The van der Waals surface area contributed by atoms with Gasteiger partial charge in [-0.25, -0.2) is 9.78 Å². The highest BCUT2D eigenvalue weighted by Crippen LogP contribution is 2.35. The summed E-state index contributed by atoms with van der Waals surface area (Å²) >= 11 is 0. The van der Waals surface area contributed by atoms with Crippen molar-refractivity contribution in [3.05, 3.63) is 76.9 Å². The third kappa shape index (κ3) is 5.39. The van der Waals surface area contributed by atoms with Gasteiger partial charge in [0.15, 0.2) is 6.73 Å². The Bertz CT molecular complexity index is 1330. The molecule has 176 valence electrons. The third-order valence-corrected chi connectivity index (χ3v) is 5.72. The van der Waals surface area contributed by atoms with Gasteiger partial charge in [-0.15, -0.1) is 0 Å². The highest BCUT2D eigenvalue weighted by atomic mass is 16.5. The molecule has 0 aliphatic heterocycles. The molecule has 6 nitrogen and oxygen atoms in total. The van der Waals surface area contributed by atoms with Crippen LogP contribution in [0.25, 0.3) is 21.8 Å². The molecule has 3 aromatic carbocycles. The van der Waals surface area contributed by atoms with E-state index in [1.807, 2.05) is 44.2 Å². The van der Waals surface area contributed by atoms with Gasteiger partial charge in [-0.1, -0.05) is 23.8 Å². The van der Waals surface area contributed by atoms with E-state index in [9.17, 15) is 4.79 Å². The molecule has 0 aliphatic rings. The number of carbonyl (C=O) groups is 1. The zero-order chi connectivity index (χ0) is 24.2. The van der Waals surface area contributed by atoms with E-state index in [0.29, 0.717) is 6.73 Å². The smallest absolute Gasteiger partial charge is 0.407 e. The largest absolute Gasteiger partial charge is 0.472 e. The number of nitrogens with zero attached hydrogens (tertiary/aromatic N) is 1. The molecule has 34 heavy (non-hydrogen) atoms. The number of benzene rings is 3. The van der Waals surface area contributed by atoms with E-state index in [1.165, 1.54) is 11.1 Å². The summed E-state index contributed by atoms with van der Waals surface area (Å²) in [6, 6.07) is 18.3. The van der Waals surface area contributed by atoms with Gasteiger partial charge in [0.05, 0.1) is 11.0 Å². The van der Waals surface area contributed by atoms with Crippen molar-refractivity contribution in [3.63, 3.8) is 0 Å². The second kappa shape index (κ2) is 10.00. The summed E-state index contributed by atoms with van der Waals surface area (Å²) in [6.45, 7) is 10.6. The van der Waals surface area contributed by atoms with E-state index in [2.05, 4.69) is 55.7 Å². The summed E-state index contributed by atoms with van der Waals surface area (Å²) in [5.74, 6) is 0.834. The van der Waals surface area contributed by atoms with Crippen molar-refractivity contribution in [2.24, 2.45) is 0 Å². The second-order valence-corrected chi connectivity index (χ2v) is 8.95. The van der Waals surface area contributed by atoms with E-state index >= 15 is 0 Å². The predicted molar refractivity (Wildman–Crippen MR) is 137 cm³/mol. The van der Waals surface area contributed by atoms with E-state index < -0.39 is 6.09 Å². The minimum absolute atomic E-state index is 0.0468.